The van der Waals surface area contributed by atoms with Crippen LogP contribution in [0.5, 0.6) is 0 Å². The maximum absolute atomic E-state index is 11.4. The Hall–Kier alpha value is -1.01. The van der Waals surface area contributed by atoms with Gasteiger partial charge in [-0.15, -0.1) is 21.5 Å². The van der Waals surface area contributed by atoms with E-state index < -0.39 is 5.60 Å². The van der Waals surface area contributed by atoms with Crippen LogP contribution in [-0.4, -0.2) is 21.8 Å². The van der Waals surface area contributed by atoms with E-state index in [1.54, 1.807) is 0 Å². The van der Waals surface area contributed by atoms with Crippen molar-refractivity contribution in [2.75, 3.05) is 0 Å². The summed E-state index contributed by atoms with van der Waals surface area (Å²) in [4.78, 5) is 11.4. The van der Waals surface area contributed by atoms with Gasteiger partial charge in [-0.25, -0.2) is 0 Å². The van der Waals surface area contributed by atoms with Crippen molar-refractivity contribution < 1.29 is 9.53 Å². The molecule has 16 heavy (non-hydrogen) atoms. The standard InChI is InChI=1S/C10H17N3O2S/c1-10(2,3)15-9(14)5-4-7-12-13-8(6-11)16-7/h4-6,11H2,1-3H3. The van der Waals surface area contributed by atoms with Crippen molar-refractivity contribution in [1.82, 2.24) is 10.2 Å². The second-order valence-corrected chi connectivity index (χ2v) is 5.53. The van der Waals surface area contributed by atoms with Crippen molar-refractivity contribution in [3.63, 3.8) is 0 Å². The highest BCUT2D eigenvalue weighted by molar-refractivity contribution is 7.11. The lowest BCUT2D eigenvalue weighted by Crippen LogP contribution is -2.23. The van der Waals surface area contributed by atoms with Crippen LogP contribution < -0.4 is 5.73 Å². The van der Waals surface area contributed by atoms with Crippen molar-refractivity contribution in [3.05, 3.63) is 10.0 Å². The van der Waals surface area contributed by atoms with Gasteiger partial charge in [-0.1, -0.05) is 0 Å². The van der Waals surface area contributed by atoms with Crippen molar-refractivity contribution >= 4 is 17.3 Å². The fourth-order valence-corrected chi connectivity index (χ4v) is 1.80. The van der Waals surface area contributed by atoms with E-state index in [0.717, 1.165) is 10.0 Å². The number of hydrogen-bond donors (Lipinski definition) is 1. The van der Waals surface area contributed by atoms with Crippen molar-refractivity contribution in [2.45, 2.75) is 45.8 Å². The molecular formula is C10H17N3O2S. The molecule has 0 atom stereocenters. The fraction of sp³-hybridized carbons (Fsp3) is 0.700. The van der Waals surface area contributed by atoms with Gasteiger partial charge < -0.3 is 10.5 Å². The first-order valence-electron chi connectivity index (χ1n) is 5.14. The molecule has 0 unspecified atom stereocenters. The Morgan fingerprint density at radius 2 is 2.00 bits per heavy atom. The molecule has 0 aromatic carbocycles. The minimum atomic E-state index is -0.430. The second-order valence-electron chi connectivity index (χ2n) is 4.38. The van der Waals surface area contributed by atoms with Gasteiger partial charge in [0.2, 0.25) is 0 Å². The van der Waals surface area contributed by atoms with Crippen LogP contribution in [0.2, 0.25) is 0 Å². The quantitative estimate of drug-likeness (QED) is 0.806. The van der Waals surface area contributed by atoms with E-state index >= 15 is 0 Å². The van der Waals surface area contributed by atoms with Gasteiger partial charge in [-0.05, 0) is 20.8 Å². The maximum atomic E-state index is 11.4. The molecule has 2 N–H and O–H groups in total. The van der Waals surface area contributed by atoms with Gasteiger partial charge >= 0.3 is 5.97 Å². The first kappa shape index (κ1) is 13.1. The number of nitrogens with zero attached hydrogens (tertiary/aromatic N) is 2. The zero-order chi connectivity index (χ0) is 12.2. The monoisotopic (exact) mass is 243 g/mol. The Bertz CT molecular complexity index is 357. The van der Waals surface area contributed by atoms with Crippen molar-refractivity contribution in [1.29, 1.82) is 0 Å². The molecule has 1 heterocycles. The summed E-state index contributed by atoms with van der Waals surface area (Å²) in [6.07, 6.45) is 0.892. The van der Waals surface area contributed by atoms with E-state index in [1.807, 2.05) is 20.8 Å². The van der Waals surface area contributed by atoms with E-state index in [9.17, 15) is 4.79 Å². The molecule has 1 rings (SSSR count). The highest BCUT2D eigenvalue weighted by atomic mass is 32.1. The molecule has 90 valence electrons. The number of esters is 1. The molecule has 0 amide bonds. The SMILES string of the molecule is CC(C)(C)OC(=O)CCc1nnc(CN)s1. The van der Waals surface area contributed by atoms with Crippen LogP contribution >= 0.6 is 11.3 Å². The smallest absolute Gasteiger partial charge is 0.306 e. The third-order valence-electron chi connectivity index (χ3n) is 1.65. The zero-order valence-corrected chi connectivity index (χ0v) is 10.6. The van der Waals surface area contributed by atoms with Gasteiger partial charge in [0, 0.05) is 13.0 Å². The van der Waals surface area contributed by atoms with Crippen LogP contribution in [0.1, 0.15) is 37.2 Å². The third-order valence-corrected chi connectivity index (χ3v) is 2.65. The van der Waals surface area contributed by atoms with E-state index in [4.69, 9.17) is 10.5 Å². The minimum Gasteiger partial charge on any atom is -0.460 e. The van der Waals surface area contributed by atoms with Crippen LogP contribution in [0.15, 0.2) is 0 Å². The van der Waals surface area contributed by atoms with Gasteiger partial charge in [0.15, 0.2) is 0 Å². The average molecular weight is 243 g/mol. The molecule has 1 aromatic heterocycles. The van der Waals surface area contributed by atoms with Crippen LogP contribution in [0.3, 0.4) is 0 Å². The lowest BCUT2D eigenvalue weighted by atomic mass is 10.2. The summed E-state index contributed by atoms with van der Waals surface area (Å²) in [5, 5.41) is 9.43. The van der Waals surface area contributed by atoms with E-state index in [0.29, 0.717) is 19.4 Å². The van der Waals surface area contributed by atoms with Gasteiger partial charge in [0.25, 0.3) is 0 Å². The Balaban J connectivity index is 2.37. The average Bonchev–Trinajstić information content (AvgIpc) is 2.59. The van der Waals surface area contributed by atoms with Crippen LogP contribution in [0.4, 0.5) is 0 Å². The first-order valence-corrected chi connectivity index (χ1v) is 5.95. The molecule has 0 bridgehead atoms. The fourth-order valence-electron chi connectivity index (χ4n) is 1.07. The lowest BCUT2D eigenvalue weighted by Gasteiger charge is -2.19. The Morgan fingerprint density at radius 3 is 2.50 bits per heavy atom. The van der Waals surface area contributed by atoms with Crippen LogP contribution in [0.25, 0.3) is 0 Å². The van der Waals surface area contributed by atoms with Crippen LogP contribution in [-0.2, 0) is 22.5 Å². The zero-order valence-electron chi connectivity index (χ0n) is 9.82. The minimum absolute atomic E-state index is 0.211. The van der Waals surface area contributed by atoms with Crippen molar-refractivity contribution in [2.24, 2.45) is 5.73 Å². The summed E-state index contributed by atoms with van der Waals surface area (Å²) < 4.78 is 5.19. The molecule has 0 radical (unpaired) electrons. The summed E-state index contributed by atoms with van der Waals surface area (Å²) >= 11 is 1.44. The summed E-state index contributed by atoms with van der Waals surface area (Å²) in [6.45, 7) is 5.94. The third kappa shape index (κ3) is 4.67. The highest BCUT2D eigenvalue weighted by Crippen LogP contribution is 2.13. The predicted octanol–water partition coefficient (Wildman–Crippen LogP) is 1.27. The molecule has 0 fully saturated rings. The molecule has 0 aliphatic heterocycles. The van der Waals surface area contributed by atoms with E-state index in [-0.39, 0.29) is 5.97 Å². The molecule has 5 nitrogen and oxygen atoms in total. The molecule has 0 aliphatic carbocycles. The number of carbonyl (C=O) groups excluding carboxylic acids is 1. The van der Waals surface area contributed by atoms with E-state index in [1.165, 1.54) is 11.3 Å². The normalized spacial score (nSPS) is 11.5. The molecule has 0 saturated carbocycles. The largest absolute Gasteiger partial charge is 0.460 e. The molecule has 1 aromatic rings. The molecule has 6 heteroatoms. The van der Waals surface area contributed by atoms with E-state index in [2.05, 4.69) is 10.2 Å². The number of aromatic nitrogens is 2. The number of hydrogen-bond acceptors (Lipinski definition) is 6. The van der Waals surface area contributed by atoms with Gasteiger partial charge in [0.1, 0.15) is 15.6 Å². The number of ether oxygens (including phenoxy) is 1. The molecule has 0 saturated heterocycles. The Labute approximate surface area is 99.0 Å². The molecule has 0 spiro atoms. The maximum Gasteiger partial charge on any atom is 0.306 e. The predicted molar refractivity (Wildman–Crippen MR) is 62.0 cm³/mol. The van der Waals surface area contributed by atoms with Gasteiger partial charge in [-0.2, -0.15) is 0 Å². The van der Waals surface area contributed by atoms with Crippen molar-refractivity contribution in [3.8, 4) is 0 Å². The topological polar surface area (TPSA) is 78.1 Å². The van der Waals surface area contributed by atoms with Gasteiger partial charge in [0.05, 0.1) is 6.42 Å². The van der Waals surface area contributed by atoms with Crippen LogP contribution in [0, 0.1) is 0 Å². The first-order chi connectivity index (χ1) is 7.40. The second kappa shape index (κ2) is 5.36. The summed E-state index contributed by atoms with van der Waals surface area (Å²) in [6, 6.07) is 0. The number of nitrogens with two attached hydrogens (primary N) is 1. The summed E-state index contributed by atoms with van der Waals surface area (Å²) in [5.74, 6) is -0.211. The Morgan fingerprint density at radius 1 is 1.38 bits per heavy atom. The van der Waals surface area contributed by atoms with Gasteiger partial charge in [-0.3, -0.25) is 4.79 Å². The molecule has 0 aliphatic rings. The number of carbonyl (C=O) groups is 1. The number of aryl methyl sites for hydroxylation is 1. The Kier molecular flexibility index (Phi) is 4.37. The number of rotatable bonds is 4. The summed E-state index contributed by atoms with van der Waals surface area (Å²) in [5.41, 5.74) is 4.99. The lowest BCUT2D eigenvalue weighted by molar-refractivity contribution is -0.154. The summed E-state index contributed by atoms with van der Waals surface area (Å²) in [7, 11) is 0. The molecular weight excluding hydrogens is 226 g/mol. The highest BCUT2D eigenvalue weighted by Gasteiger charge is 2.16.